The maximum Gasteiger partial charge on any atom is 0.169 e. The molecule has 1 aliphatic carbocycles. The van der Waals surface area contributed by atoms with Gasteiger partial charge in [-0.15, -0.1) is 0 Å². The average molecular weight is 272 g/mol. The Morgan fingerprint density at radius 3 is 2.87 bits per heavy atom. The van der Waals surface area contributed by atoms with Gasteiger partial charge in [-0.3, -0.25) is 0 Å². The molecule has 2 atom stereocenters. The number of furan rings is 1. The Morgan fingerprint density at radius 2 is 2.20 bits per heavy atom. The number of halogens is 1. The van der Waals surface area contributed by atoms with Crippen LogP contribution in [0.3, 0.4) is 0 Å². The first kappa shape index (κ1) is 11.2. The Bertz CT molecular complexity index is 310. The van der Waals surface area contributed by atoms with E-state index in [4.69, 9.17) is 4.42 Å². The van der Waals surface area contributed by atoms with Gasteiger partial charge < -0.3 is 9.73 Å². The van der Waals surface area contributed by atoms with Crippen LogP contribution in [0.25, 0.3) is 0 Å². The molecular formula is C12H18BrNO. The maximum atomic E-state index is 5.46. The zero-order valence-corrected chi connectivity index (χ0v) is 10.7. The van der Waals surface area contributed by atoms with Gasteiger partial charge in [-0.25, -0.2) is 0 Å². The molecule has 1 N–H and O–H groups in total. The van der Waals surface area contributed by atoms with Gasteiger partial charge in [0.25, 0.3) is 0 Å². The Hall–Kier alpha value is -0.280. The summed E-state index contributed by atoms with van der Waals surface area (Å²) in [6.07, 6.45) is 5.43. The molecule has 2 unspecified atom stereocenters. The zero-order chi connectivity index (χ0) is 10.7. The summed E-state index contributed by atoms with van der Waals surface area (Å²) < 4.78 is 6.28. The molecule has 1 heterocycles. The summed E-state index contributed by atoms with van der Waals surface area (Å²) in [6.45, 7) is 3.19. The lowest BCUT2D eigenvalue weighted by Crippen LogP contribution is -2.36. The van der Waals surface area contributed by atoms with Crippen LogP contribution in [0.5, 0.6) is 0 Å². The molecule has 15 heavy (non-hydrogen) atoms. The summed E-state index contributed by atoms with van der Waals surface area (Å²) in [5.41, 5.74) is 0. The van der Waals surface area contributed by atoms with Gasteiger partial charge in [0.05, 0.1) is 6.54 Å². The molecular weight excluding hydrogens is 254 g/mol. The predicted molar refractivity (Wildman–Crippen MR) is 64.7 cm³/mol. The monoisotopic (exact) mass is 271 g/mol. The van der Waals surface area contributed by atoms with Crippen LogP contribution in [0.15, 0.2) is 21.2 Å². The molecule has 0 bridgehead atoms. The van der Waals surface area contributed by atoms with E-state index in [1.165, 1.54) is 25.7 Å². The summed E-state index contributed by atoms with van der Waals surface area (Å²) in [7, 11) is 0. The van der Waals surface area contributed by atoms with Crippen LogP contribution in [0.1, 0.15) is 38.4 Å². The van der Waals surface area contributed by atoms with Gasteiger partial charge in [-0.2, -0.15) is 0 Å². The average Bonchev–Trinajstić information content (AvgIpc) is 2.63. The van der Waals surface area contributed by atoms with Gasteiger partial charge >= 0.3 is 0 Å². The van der Waals surface area contributed by atoms with Crippen molar-refractivity contribution in [2.75, 3.05) is 0 Å². The highest BCUT2D eigenvalue weighted by molar-refractivity contribution is 9.10. The second-order valence-electron chi connectivity index (χ2n) is 4.45. The number of nitrogens with one attached hydrogen (secondary N) is 1. The zero-order valence-electron chi connectivity index (χ0n) is 9.13. The van der Waals surface area contributed by atoms with E-state index >= 15 is 0 Å². The molecule has 0 saturated heterocycles. The van der Waals surface area contributed by atoms with Crippen LogP contribution in [0.4, 0.5) is 0 Å². The molecule has 2 rings (SSSR count). The Labute approximate surface area is 99.6 Å². The van der Waals surface area contributed by atoms with Crippen LogP contribution >= 0.6 is 15.9 Å². The van der Waals surface area contributed by atoms with Gasteiger partial charge in [-0.1, -0.05) is 19.8 Å². The summed E-state index contributed by atoms with van der Waals surface area (Å²) in [6, 6.07) is 4.63. The highest BCUT2D eigenvalue weighted by atomic mass is 79.9. The van der Waals surface area contributed by atoms with Crippen LogP contribution in [0.2, 0.25) is 0 Å². The quantitative estimate of drug-likeness (QED) is 0.907. The fraction of sp³-hybridized carbons (Fsp3) is 0.667. The molecule has 1 aromatic heterocycles. The Kier molecular flexibility index (Phi) is 3.87. The van der Waals surface area contributed by atoms with Gasteiger partial charge in [0, 0.05) is 6.04 Å². The lowest BCUT2D eigenvalue weighted by atomic mass is 9.86. The van der Waals surface area contributed by atoms with Crippen molar-refractivity contribution in [1.82, 2.24) is 5.32 Å². The van der Waals surface area contributed by atoms with Crippen molar-refractivity contribution in [3.63, 3.8) is 0 Å². The predicted octanol–water partition coefficient (Wildman–Crippen LogP) is 3.71. The highest BCUT2D eigenvalue weighted by Gasteiger charge is 2.20. The van der Waals surface area contributed by atoms with Gasteiger partial charge in [0.15, 0.2) is 4.67 Å². The van der Waals surface area contributed by atoms with Crippen molar-refractivity contribution >= 4 is 15.9 Å². The first-order valence-corrected chi connectivity index (χ1v) is 6.52. The second kappa shape index (κ2) is 5.17. The molecule has 1 fully saturated rings. The SMILES string of the molecule is CC1CCCCC1NCc1ccc(Br)o1. The van der Waals surface area contributed by atoms with Crippen molar-refractivity contribution in [3.8, 4) is 0 Å². The lowest BCUT2D eigenvalue weighted by molar-refractivity contribution is 0.272. The lowest BCUT2D eigenvalue weighted by Gasteiger charge is -2.29. The summed E-state index contributed by atoms with van der Waals surface area (Å²) in [5, 5.41) is 3.59. The smallest absolute Gasteiger partial charge is 0.169 e. The molecule has 1 aliphatic rings. The van der Waals surface area contributed by atoms with Crippen molar-refractivity contribution < 1.29 is 4.42 Å². The first-order chi connectivity index (χ1) is 7.25. The first-order valence-electron chi connectivity index (χ1n) is 5.73. The van der Waals surface area contributed by atoms with E-state index in [-0.39, 0.29) is 0 Å². The number of hydrogen-bond acceptors (Lipinski definition) is 2. The van der Waals surface area contributed by atoms with Crippen molar-refractivity contribution in [2.45, 2.75) is 45.2 Å². The summed E-state index contributed by atoms with van der Waals surface area (Å²) in [5.74, 6) is 1.82. The van der Waals surface area contributed by atoms with Crippen molar-refractivity contribution in [1.29, 1.82) is 0 Å². The Morgan fingerprint density at radius 1 is 1.40 bits per heavy atom. The third-order valence-corrected chi connectivity index (χ3v) is 3.71. The van der Waals surface area contributed by atoms with Gasteiger partial charge in [0.1, 0.15) is 5.76 Å². The summed E-state index contributed by atoms with van der Waals surface area (Å²) in [4.78, 5) is 0. The fourth-order valence-corrected chi connectivity index (χ4v) is 2.64. The third-order valence-electron chi connectivity index (χ3n) is 3.28. The molecule has 0 spiro atoms. The van der Waals surface area contributed by atoms with Crippen molar-refractivity contribution in [2.24, 2.45) is 5.92 Å². The van der Waals surface area contributed by atoms with E-state index < -0.39 is 0 Å². The van der Waals surface area contributed by atoms with E-state index in [0.717, 1.165) is 22.9 Å². The molecule has 0 amide bonds. The topological polar surface area (TPSA) is 25.2 Å². The molecule has 0 aliphatic heterocycles. The molecule has 1 aromatic rings. The van der Waals surface area contributed by atoms with E-state index in [2.05, 4.69) is 28.2 Å². The van der Waals surface area contributed by atoms with E-state index in [9.17, 15) is 0 Å². The molecule has 3 heteroatoms. The molecule has 84 valence electrons. The van der Waals surface area contributed by atoms with Gasteiger partial charge in [0.2, 0.25) is 0 Å². The molecule has 0 aromatic carbocycles. The third kappa shape index (κ3) is 3.08. The largest absolute Gasteiger partial charge is 0.453 e. The van der Waals surface area contributed by atoms with E-state index in [1.54, 1.807) is 0 Å². The van der Waals surface area contributed by atoms with E-state index in [0.29, 0.717) is 6.04 Å². The minimum Gasteiger partial charge on any atom is -0.453 e. The van der Waals surface area contributed by atoms with Gasteiger partial charge in [-0.05, 0) is 46.8 Å². The van der Waals surface area contributed by atoms with Crippen LogP contribution in [-0.2, 0) is 6.54 Å². The standard InChI is InChI=1S/C12H18BrNO/c1-9-4-2-3-5-11(9)14-8-10-6-7-12(13)15-10/h6-7,9,11,14H,2-5,8H2,1H3. The summed E-state index contributed by atoms with van der Waals surface area (Å²) >= 11 is 3.32. The maximum absolute atomic E-state index is 5.46. The van der Waals surface area contributed by atoms with Crippen LogP contribution in [0, 0.1) is 5.92 Å². The molecule has 0 radical (unpaired) electrons. The number of hydrogen-bond donors (Lipinski definition) is 1. The molecule has 2 nitrogen and oxygen atoms in total. The second-order valence-corrected chi connectivity index (χ2v) is 5.24. The minimum absolute atomic E-state index is 0.669. The van der Waals surface area contributed by atoms with E-state index in [1.807, 2.05) is 12.1 Å². The fourth-order valence-electron chi connectivity index (χ4n) is 2.30. The molecule has 1 saturated carbocycles. The van der Waals surface area contributed by atoms with Crippen LogP contribution in [-0.4, -0.2) is 6.04 Å². The van der Waals surface area contributed by atoms with Crippen molar-refractivity contribution in [3.05, 3.63) is 22.6 Å². The highest BCUT2D eigenvalue weighted by Crippen LogP contribution is 2.24. The number of rotatable bonds is 3. The normalized spacial score (nSPS) is 26.8. The van der Waals surface area contributed by atoms with Crippen LogP contribution < -0.4 is 5.32 Å². The Balaban J connectivity index is 1.81. The minimum atomic E-state index is 0.669.